The number of carbonyl (C=O) groups excluding carboxylic acids is 2. The summed E-state index contributed by atoms with van der Waals surface area (Å²) in [4.78, 5) is 25.5. The minimum Gasteiger partial charge on any atom is -0.462 e. The summed E-state index contributed by atoms with van der Waals surface area (Å²) in [6, 6.07) is 0. The van der Waals surface area contributed by atoms with Gasteiger partial charge >= 0.3 is 11.9 Å². The van der Waals surface area contributed by atoms with Crippen LogP contribution in [0.25, 0.3) is 0 Å². The van der Waals surface area contributed by atoms with E-state index in [0.29, 0.717) is 19.3 Å². The fourth-order valence-electron chi connectivity index (χ4n) is 6.74. The summed E-state index contributed by atoms with van der Waals surface area (Å²) in [6.07, 6.45) is 43.4. The zero-order chi connectivity index (χ0) is 46.9. The highest BCUT2D eigenvalue weighted by molar-refractivity contribution is 7.85. The standard InChI is InChI=1S/C51H84O12S/c1-3-5-7-9-11-13-15-17-19-21-22-24-26-28-30-32-34-36-38-40-47(53)62-44(42-61-51-50(56)49(55)48(54)45(63-51)43-64(57,58)59)41-60-46(52)39-37-35-33-31-29-27-25-23-20-18-16-14-12-10-8-6-4-2/h6,8,11-14,17-20,25,27,31,33,44-45,48-51,54-56H,3-5,7,9-10,15-16,21-24,26,28-30,32,34-43H2,1-2H3,(H,57,58,59)/b8-6+,13-11+,14-12+,19-17+,20-18+,27-25+,33-31+/t44-,45-,48-,49?,50?,51+/m1/s1. The molecule has 366 valence electrons. The molecular weight excluding hydrogens is 837 g/mol. The highest BCUT2D eigenvalue weighted by Crippen LogP contribution is 2.24. The summed E-state index contributed by atoms with van der Waals surface area (Å²) < 4.78 is 54.1. The molecule has 64 heavy (non-hydrogen) atoms. The number of esters is 2. The molecule has 13 heteroatoms. The molecule has 0 radical (unpaired) electrons. The minimum atomic E-state index is -4.62. The van der Waals surface area contributed by atoms with E-state index in [2.05, 4.69) is 86.8 Å². The fourth-order valence-corrected chi connectivity index (χ4v) is 7.43. The van der Waals surface area contributed by atoms with Crippen molar-refractivity contribution in [1.29, 1.82) is 0 Å². The van der Waals surface area contributed by atoms with Crippen molar-refractivity contribution in [3.8, 4) is 0 Å². The van der Waals surface area contributed by atoms with Gasteiger partial charge in [-0.15, -0.1) is 0 Å². The smallest absolute Gasteiger partial charge is 0.306 e. The van der Waals surface area contributed by atoms with Gasteiger partial charge in [-0.05, 0) is 83.5 Å². The minimum absolute atomic E-state index is 0.135. The van der Waals surface area contributed by atoms with Gasteiger partial charge in [0.1, 0.15) is 36.8 Å². The van der Waals surface area contributed by atoms with Gasteiger partial charge in [-0.3, -0.25) is 14.1 Å². The molecule has 1 aliphatic rings. The average molecular weight is 921 g/mol. The lowest BCUT2D eigenvalue weighted by Crippen LogP contribution is -2.60. The Kier molecular flexibility index (Phi) is 36.9. The third-order valence-corrected chi connectivity index (χ3v) is 11.2. The highest BCUT2D eigenvalue weighted by Gasteiger charge is 2.46. The summed E-state index contributed by atoms with van der Waals surface area (Å²) in [5, 5.41) is 30.9. The third kappa shape index (κ3) is 34.2. The Morgan fingerprint density at radius 3 is 1.52 bits per heavy atom. The van der Waals surface area contributed by atoms with E-state index < -0.39 is 71.2 Å². The molecule has 0 aromatic heterocycles. The Hall–Kier alpha value is -3.17. The number of carbonyl (C=O) groups is 2. The van der Waals surface area contributed by atoms with Crippen LogP contribution in [-0.4, -0.2) is 96.0 Å². The first-order valence-corrected chi connectivity index (χ1v) is 25.8. The van der Waals surface area contributed by atoms with Gasteiger partial charge in [0.05, 0.1) is 6.61 Å². The molecule has 0 bridgehead atoms. The molecule has 0 spiro atoms. The van der Waals surface area contributed by atoms with Crippen molar-refractivity contribution in [3.05, 3.63) is 85.1 Å². The fraction of sp³-hybridized carbons (Fsp3) is 0.686. The predicted molar refractivity (Wildman–Crippen MR) is 256 cm³/mol. The van der Waals surface area contributed by atoms with E-state index in [1.54, 1.807) is 0 Å². The first-order valence-electron chi connectivity index (χ1n) is 24.1. The maximum absolute atomic E-state index is 12.9. The molecule has 1 rings (SSSR count). The zero-order valence-electron chi connectivity index (χ0n) is 39.1. The van der Waals surface area contributed by atoms with Gasteiger partial charge < -0.3 is 34.3 Å². The molecular formula is C51H84O12S. The lowest BCUT2D eigenvalue weighted by atomic mass is 10.00. The van der Waals surface area contributed by atoms with Crippen LogP contribution in [0.15, 0.2) is 85.1 Å². The number of allylic oxidation sites excluding steroid dienone is 14. The topological polar surface area (TPSA) is 186 Å². The molecule has 0 amide bonds. The molecule has 0 aliphatic carbocycles. The lowest BCUT2D eigenvalue weighted by molar-refractivity contribution is -0.297. The molecule has 1 heterocycles. The maximum atomic E-state index is 12.9. The molecule has 1 aliphatic heterocycles. The molecule has 1 fully saturated rings. The lowest BCUT2D eigenvalue weighted by Gasteiger charge is -2.40. The van der Waals surface area contributed by atoms with Crippen LogP contribution >= 0.6 is 0 Å². The summed E-state index contributed by atoms with van der Waals surface area (Å²) in [5.74, 6) is -2.07. The number of ether oxygens (including phenoxy) is 4. The maximum Gasteiger partial charge on any atom is 0.306 e. The van der Waals surface area contributed by atoms with Crippen molar-refractivity contribution in [2.45, 2.75) is 205 Å². The van der Waals surface area contributed by atoms with Crippen LogP contribution in [-0.2, 0) is 38.7 Å². The van der Waals surface area contributed by atoms with E-state index in [-0.39, 0.29) is 19.4 Å². The Labute approximate surface area is 386 Å². The van der Waals surface area contributed by atoms with Gasteiger partial charge in [-0.2, -0.15) is 8.42 Å². The Balaban J connectivity index is 2.46. The van der Waals surface area contributed by atoms with Crippen LogP contribution in [0.4, 0.5) is 0 Å². The molecule has 1 saturated heterocycles. The number of hydrogen-bond donors (Lipinski definition) is 4. The molecule has 6 atom stereocenters. The van der Waals surface area contributed by atoms with E-state index >= 15 is 0 Å². The predicted octanol–water partition coefficient (Wildman–Crippen LogP) is 10.4. The van der Waals surface area contributed by atoms with Crippen molar-refractivity contribution in [1.82, 2.24) is 0 Å². The second-order valence-electron chi connectivity index (χ2n) is 16.4. The second-order valence-corrected chi connectivity index (χ2v) is 17.9. The van der Waals surface area contributed by atoms with Crippen LogP contribution in [0.5, 0.6) is 0 Å². The van der Waals surface area contributed by atoms with Crippen molar-refractivity contribution in [3.63, 3.8) is 0 Å². The van der Waals surface area contributed by atoms with Crippen LogP contribution in [0, 0.1) is 0 Å². The van der Waals surface area contributed by atoms with Gasteiger partial charge in [0.2, 0.25) is 0 Å². The van der Waals surface area contributed by atoms with Crippen LogP contribution in [0.2, 0.25) is 0 Å². The van der Waals surface area contributed by atoms with Crippen LogP contribution in [0.1, 0.15) is 168 Å². The Morgan fingerprint density at radius 2 is 1.00 bits per heavy atom. The molecule has 0 saturated carbocycles. The summed E-state index contributed by atoms with van der Waals surface area (Å²) in [7, 11) is -4.62. The SMILES string of the molecule is CC/C=C/C/C=C/C/C=C/C/C=C/C/C=C/CCCC(=O)OC[C@H](CO[C@H]1O[C@H](CS(=O)(=O)O)[C@@H](O)C(O)C1O)OC(=O)CCCCCCCCCCC/C=C/C/C=C/CCCCC. The van der Waals surface area contributed by atoms with Crippen molar-refractivity contribution >= 4 is 22.1 Å². The quantitative estimate of drug-likeness (QED) is 0.0198. The monoisotopic (exact) mass is 921 g/mol. The largest absolute Gasteiger partial charge is 0.462 e. The Morgan fingerprint density at radius 1 is 0.547 bits per heavy atom. The van der Waals surface area contributed by atoms with Gasteiger partial charge in [-0.25, -0.2) is 0 Å². The Bertz CT molecular complexity index is 1500. The zero-order valence-corrected chi connectivity index (χ0v) is 39.9. The van der Waals surface area contributed by atoms with Gasteiger partial charge in [-0.1, -0.05) is 157 Å². The van der Waals surface area contributed by atoms with E-state index in [1.807, 2.05) is 12.2 Å². The van der Waals surface area contributed by atoms with E-state index in [1.165, 1.54) is 51.4 Å². The molecule has 0 aromatic carbocycles. The number of unbranched alkanes of at least 4 members (excludes halogenated alkanes) is 13. The van der Waals surface area contributed by atoms with Gasteiger partial charge in [0, 0.05) is 12.8 Å². The van der Waals surface area contributed by atoms with Gasteiger partial charge in [0.25, 0.3) is 10.1 Å². The first kappa shape index (κ1) is 58.8. The van der Waals surface area contributed by atoms with Crippen LogP contribution < -0.4 is 0 Å². The highest BCUT2D eigenvalue weighted by atomic mass is 32.2. The molecule has 0 aromatic rings. The van der Waals surface area contributed by atoms with Gasteiger partial charge in [0.15, 0.2) is 12.4 Å². The molecule has 2 unspecified atom stereocenters. The first-order chi connectivity index (χ1) is 31.0. The normalized spacial score (nSPS) is 20.4. The van der Waals surface area contributed by atoms with Crippen molar-refractivity contribution in [2.75, 3.05) is 19.0 Å². The van der Waals surface area contributed by atoms with Crippen LogP contribution in [0.3, 0.4) is 0 Å². The second kappa shape index (κ2) is 40.1. The van der Waals surface area contributed by atoms with Crippen molar-refractivity contribution in [2.24, 2.45) is 0 Å². The summed E-state index contributed by atoms with van der Waals surface area (Å²) >= 11 is 0. The summed E-state index contributed by atoms with van der Waals surface area (Å²) in [6.45, 7) is 3.57. The van der Waals surface area contributed by atoms with E-state index in [4.69, 9.17) is 18.9 Å². The number of aliphatic hydroxyl groups is 3. The number of rotatable bonds is 39. The average Bonchev–Trinajstić information content (AvgIpc) is 3.26. The molecule has 12 nitrogen and oxygen atoms in total. The summed E-state index contributed by atoms with van der Waals surface area (Å²) in [5.41, 5.74) is 0. The number of hydrogen-bond acceptors (Lipinski definition) is 11. The van der Waals surface area contributed by atoms with E-state index in [0.717, 1.165) is 70.6 Å². The third-order valence-electron chi connectivity index (χ3n) is 10.5. The van der Waals surface area contributed by atoms with E-state index in [9.17, 15) is 37.9 Å². The molecule has 4 N–H and O–H groups in total. The van der Waals surface area contributed by atoms with Crippen molar-refractivity contribution < 1.29 is 56.8 Å². The number of aliphatic hydroxyl groups excluding tert-OH is 3.